The molecule has 20 heavy (non-hydrogen) atoms. The first kappa shape index (κ1) is 15.4. The number of benzene rings is 1. The molecule has 1 unspecified atom stereocenters. The number of nitrogen functional groups attached to an aromatic ring is 1. The molecule has 0 saturated heterocycles. The number of aromatic nitrogens is 3. The average molecular weight is 359 g/mol. The number of alkyl halides is 1. The van der Waals surface area contributed by atoms with Crippen LogP contribution in [0, 0.1) is 0 Å². The van der Waals surface area contributed by atoms with Gasteiger partial charge in [-0.15, -0.1) is 15.8 Å². The molecule has 1 aromatic heterocycles. The largest absolute Gasteiger partial charge is 0.434 e. The molecule has 1 aromatic carbocycles. The standard InChI is InChI=1S/C10H12Cl3N4O2S/c11-3-4-18-20-6-10(15-17(14)16-20)19-9-2-1-7(12)5-8(9)13/h1-2,5-6,15-16H,3-4,14H2/q+1. The number of hydrogen-bond acceptors (Lipinski definition) is 3. The topological polar surface area (TPSA) is 81.0 Å². The van der Waals surface area contributed by atoms with Gasteiger partial charge in [0.1, 0.15) is 12.4 Å². The third kappa shape index (κ3) is 4.26. The van der Waals surface area contributed by atoms with Crippen LogP contribution in [0.1, 0.15) is 0 Å². The summed E-state index contributed by atoms with van der Waals surface area (Å²) in [5.74, 6) is 6.85. The molecule has 2 aromatic rings. The van der Waals surface area contributed by atoms with Gasteiger partial charge in [0.15, 0.2) is 0 Å². The van der Waals surface area contributed by atoms with Gasteiger partial charge in [-0.3, -0.25) is 0 Å². The number of nitrogens with one attached hydrogen (secondary N) is 2. The third-order valence-corrected chi connectivity index (χ3v) is 3.94. The molecule has 0 spiro atoms. The lowest BCUT2D eigenvalue weighted by molar-refractivity contribution is 0.423. The highest BCUT2D eigenvalue weighted by Gasteiger charge is 2.12. The lowest BCUT2D eigenvalue weighted by Gasteiger charge is -2.07. The molecule has 1 heterocycles. The minimum Gasteiger partial charge on any atom is -0.434 e. The molecule has 0 aliphatic carbocycles. The number of nitrogens with zero attached hydrogens (tertiary/aromatic N) is 1. The molecule has 10 heteroatoms. The highest BCUT2D eigenvalue weighted by molar-refractivity contribution is 7.19. The summed E-state index contributed by atoms with van der Waals surface area (Å²) < 4.78 is 13.9. The maximum Gasteiger partial charge on any atom is 0.274 e. The van der Waals surface area contributed by atoms with Crippen molar-refractivity contribution in [2.75, 3.05) is 18.3 Å². The maximum absolute atomic E-state index is 6.03. The van der Waals surface area contributed by atoms with Crippen LogP contribution in [0.15, 0.2) is 23.6 Å². The van der Waals surface area contributed by atoms with Crippen molar-refractivity contribution in [3.05, 3.63) is 33.6 Å². The lowest BCUT2D eigenvalue weighted by Crippen LogP contribution is -2.18. The zero-order chi connectivity index (χ0) is 14.5. The first-order chi connectivity index (χ1) is 9.58. The number of aromatic amines is 2. The van der Waals surface area contributed by atoms with Crippen molar-refractivity contribution in [1.29, 1.82) is 0 Å². The molecule has 0 fully saturated rings. The van der Waals surface area contributed by atoms with E-state index in [0.717, 1.165) is 4.91 Å². The Kier molecular flexibility index (Phi) is 5.50. The van der Waals surface area contributed by atoms with Crippen molar-refractivity contribution in [3.63, 3.8) is 0 Å². The van der Waals surface area contributed by atoms with Crippen molar-refractivity contribution in [1.82, 2.24) is 14.5 Å². The second kappa shape index (κ2) is 7.14. The molecule has 0 bridgehead atoms. The number of halogens is 3. The Morgan fingerprint density at radius 3 is 2.85 bits per heavy atom. The predicted molar refractivity (Wildman–Crippen MR) is 82.1 cm³/mol. The maximum atomic E-state index is 6.03. The van der Waals surface area contributed by atoms with Crippen LogP contribution in [0.25, 0.3) is 0 Å². The van der Waals surface area contributed by atoms with E-state index in [1.807, 2.05) is 0 Å². The van der Waals surface area contributed by atoms with Gasteiger partial charge in [0.2, 0.25) is 0 Å². The van der Waals surface area contributed by atoms with Gasteiger partial charge in [-0.1, -0.05) is 32.6 Å². The van der Waals surface area contributed by atoms with Gasteiger partial charge in [0.25, 0.3) is 22.2 Å². The summed E-state index contributed by atoms with van der Waals surface area (Å²) in [6.45, 7) is 0.386. The van der Waals surface area contributed by atoms with E-state index < -0.39 is 10.9 Å². The van der Waals surface area contributed by atoms with Crippen LogP contribution >= 0.6 is 45.7 Å². The molecule has 0 amide bonds. The Hall–Kier alpha value is -0.990. The Morgan fingerprint density at radius 1 is 1.35 bits per heavy atom. The highest BCUT2D eigenvalue weighted by atomic mass is 35.5. The molecule has 0 saturated carbocycles. The molecule has 6 nitrogen and oxygen atoms in total. The predicted octanol–water partition coefficient (Wildman–Crippen LogP) is 3.50. The lowest BCUT2D eigenvalue weighted by atomic mass is 10.3. The van der Waals surface area contributed by atoms with Gasteiger partial charge < -0.3 is 10.6 Å². The molecular formula is C10H12Cl3N4O2S+. The summed E-state index contributed by atoms with van der Waals surface area (Å²) in [6.07, 6.45) is 0. The molecule has 0 aliphatic rings. The van der Waals surface area contributed by atoms with E-state index in [4.69, 9.17) is 49.6 Å². The molecule has 0 aliphatic heterocycles. The van der Waals surface area contributed by atoms with Crippen molar-refractivity contribution >= 4 is 45.7 Å². The zero-order valence-electron chi connectivity index (χ0n) is 10.1. The van der Waals surface area contributed by atoms with Crippen molar-refractivity contribution < 1.29 is 8.92 Å². The van der Waals surface area contributed by atoms with Gasteiger partial charge >= 0.3 is 0 Å². The summed E-state index contributed by atoms with van der Waals surface area (Å²) in [6, 6.07) is 4.92. The summed E-state index contributed by atoms with van der Waals surface area (Å²) in [5, 5.41) is 5.37. The van der Waals surface area contributed by atoms with Crippen LogP contribution in [-0.4, -0.2) is 27.0 Å². The van der Waals surface area contributed by atoms with Crippen LogP contribution < -0.4 is 14.8 Å². The quantitative estimate of drug-likeness (QED) is 0.435. The number of H-pyrrole nitrogens is 2. The van der Waals surface area contributed by atoms with E-state index in [1.54, 1.807) is 23.6 Å². The van der Waals surface area contributed by atoms with Crippen molar-refractivity contribution in [2.24, 2.45) is 0 Å². The van der Waals surface area contributed by atoms with Gasteiger partial charge in [-0.25, -0.2) is 5.10 Å². The monoisotopic (exact) mass is 357 g/mol. The minimum atomic E-state index is -0.742. The molecule has 1 atom stereocenters. The molecule has 110 valence electrons. The Bertz CT molecular complexity index is 617. The highest BCUT2D eigenvalue weighted by Crippen LogP contribution is 2.31. The van der Waals surface area contributed by atoms with Crippen molar-refractivity contribution in [2.45, 2.75) is 0 Å². The molecule has 4 N–H and O–H groups in total. The van der Waals surface area contributed by atoms with Crippen LogP contribution in [0.2, 0.25) is 10.0 Å². The number of hydrogen-bond donors (Lipinski definition) is 3. The van der Waals surface area contributed by atoms with E-state index in [-0.39, 0.29) is 0 Å². The van der Waals surface area contributed by atoms with Crippen LogP contribution in [0.3, 0.4) is 0 Å². The molecule has 0 radical (unpaired) electrons. The zero-order valence-corrected chi connectivity index (χ0v) is 13.2. The van der Waals surface area contributed by atoms with Gasteiger partial charge in [-0.2, -0.15) is 0 Å². The van der Waals surface area contributed by atoms with E-state index in [9.17, 15) is 0 Å². The number of nitrogens with two attached hydrogens (primary N) is 1. The summed E-state index contributed by atoms with van der Waals surface area (Å²) in [5.41, 5.74) is 0. The summed E-state index contributed by atoms with van der Waals surface area (Å²) in [4.78, 5) is 1.14. The first-order valence-corrected chi connectivity index (χ1v) is 7.93. The minimum absolute atomic E-state index is 0.383. The first-order valence-electron chi connectivity index (χ1n) is 5.43. The van der Waals surface area contributed by atoms with E-state index >= 15 is 0 Å². The van der Waals surface area contributed by atoms with Crippen LogP contribution in [0.4, 0.5) is 0 Å². The SMILES string of the molecule is Nn1[nH]c(Oc2ccc(Cl)cc2Cl)c[s+](OCCCl)[nH]1. The fraction of sp³-hybridized carbons (Fsp3) is 0.200. The molecular weight excluding hydrogens is 347 g/mol. The van der Waals surface area contributed by atoms with Gasteiger partial charge in [0.05, 0.1) is 10.9 Å². The van der Waals surface area contributed by atoms with E-state index in [0.29, 0.717) is 34.2 Å². The van der Waals surface area contributed by atoms with E-state index in [2.05, 4.69) is 9.59 Å². The fourth-order valence-electron chi connectivity index (χ4n) is 1.29. The number of rotatable bonds is 5. The van der Waals surface area contributed by atoms with Crippen LogP contribution in [0.5, 0.6) is 11.6 Å². The Labute approximate surface area is 132 Å². The third-order valence-electron chi connectivity index (χ3n) is 2.03. The van der Waals surface area contributed by atoms with Crippen LogP contribution in [-0.2, 0) is 0 Å². The Morgan fingerprint density at radius 2 is 2.15 bits per heavy atom. The van der Waals surface area contributed by atoms with E-state index in [1.165, 1.54) is 0 Å². The van der Waals surface area contributed by atoms with Gasteiger partial charge in [0, 0.05) is 5.02 Å². The smallest absolute Gasteiger partial charge is 0.274 e. The summed E-state index contributed by atoms with van der Waals surface area (Å²) >= 11 is 17.4. The summed E-state index contributed by atoms with van der Waals surface area (Å²) in [7, 11) is -0.742. The van der Waals surface area contributed by atoms with Crippen molar-refractivity contribution in [3.8, 4) is 11.6 Å². The molecule has 2 rings (SSSR count). The normalized spacial score (nSPS) is 11.4. The Balaban J connectivity index is 2.21. The average Bonchev–Trinajstić information content (AvgIpc) is 2.39. The fourth-order valence-corrected chi connectivity index (χ4v) is 2.88. The van der Waals surface area contributed by atoms with Gasteiger partial charge in [-0.05, 0) is 18.2 Å². The number of ether oxygens (including phenoxy) is 1. The second-order valence-electron chi connectivity index (χ2n) is 3.54. The second-order valence-corrected chi connectivity index (χ2v) is 6.01.